The average Bonchev–Trinajstić information content (AvgIpc) is 3.02. The van der Waals surface area contributed by atoms with Gasteiger partial charge in [-0.3, -0.25) is 4.79 Å². The number of aliphatic hydroxyl groups is 1. The third-order valence-corrected chi connectivity index (χ3v) is 4.88. The monoisotopic (exact) mass is 409 g/mol. The first-order valence-corrected chi connectivity index (χ1v) is 9.92. The van der Waals surface area contributed by atoms with E-state index >= 15 is 0 Å². The van der Waals surface area contributed by atoms with Crippen LogP contribution in [0.4, 0.5) is 0 Å². The topological polar surface area (TPSA) is 76.1 Å². The van der Waals surface area contributed by atoms with Gasteiger partial charge in [0.25, 0.3) is 0 Å². The molecule has 0 aromatic heterocycles. The molecule has 2 atom stereocenters. The number of likely N-dealkylation sites (tertiary alicyclic amines) is 1. The van der Waals surface area contributed by atoms with Gasteiger partial charge in [-0.15, -0.1) is 0 Å². The molecule has 1 heterocycles. The standard InChI is InChI=1S/C21H28ClNO5/c1-27-21(26)15-28-12-3-2-11-23-18(8-10-20(23)25)7-9-19(24)14-16-5-4-6-17(22)13-16/h4-7,9,13,18-19,24H,2-3,8,10-12,14-15H2,1H3/b9-7+/t18?,19-/m0/s1. The molecule has 7 heteroatoms. The molecule has 1 aliphatic heterocycles. The second-order valence-corrected chi connectivity index (χ2v) is 7.25. The Balaban J connectivity index is 1.74. The fourth-order valence-corrected chi connectivity index (χ4v) is 3.39. The number of ether oxygens (including phenoxy) is 2. The van der Waals surface area contributed by atoms with Gasteiger partial charge in [0.15, 0.2) is 0 Å². The maximum Gasteiger partial charge on any atom is 0.331 e. The molecule has 0 aliphatic carbocycles. The minimum absolute atomic E-state index is 0.0116. The maximum atomic E-state index is 12.1. The molecule has 1 unspecified atom stereocenters. The Bertz CT molecular complexity index is 679. The Kier molecular flexibility index (Phi) is 9.47. The minimum Gasteiger partial charge on any atom is -0.467 e. The lowest BCUT2D eigenvalue weighted by atomic mass is 10.1. The van der Waals surface area contributed by atoms with E-state index in [-0.39, 0.29) is 18.6 Å². The fraction of sp³-hybridized carbons (Fsp3) is 0.524. The number of hydrogen-bond acceptors (Lipinski definition) is 5. The lowest BCUT2D eigenvalue weighted by molar-refractivity contribution is -0.145. The average molecular weight is 410 g/mol. The van der Waals surface area contributed by atoms with Crippen molar-refractivity contribution in [1.29, 1.82) is 0 Å². The molecule has 1 fully saturated rings. The zero-order valence-electron chi connectivity index (χ0n) is 16.2. The first-order chi connectivity index (χ1) is 13.5. The largest absolute Gasteiger partial charge is 0.467 e. The zero-order chi connectivity index (χ0) is 20.4. The van der Waals surface area contributed by atoms with Crippen LogP contribution in [-0.2, 0) is 25.5 Å². The van der Waals surface area contributed by atoms with Gasteiger partial charge in [0.05, 0.1) is 19.3 Å². The number of methoxy groups -OCH3 is 1. The number of halogens is 1. The van der Waals surface area contributed by atoms with E-state index in [1.54, 1.807) is 12.1 Å². The summed E-state index contributed by atoms with van der Waals surface area (Å²) in [5.41, 5.74) is 0.968. The van der Waals surface area contributed by atoms with E-state index in [0.717, 1.165) is 24.8 Å². The first-order valence-electron chi connectivity index (χ1n) is 9.54. The number of esters is 1. The van der Waals surface area contributed by atoms with Gasteiger partial charge in [0, 0.05) is 31.0 Å². The molecule has 0 saturated carbocycles. The van der Waals surface area contributed by atoms with Crippen LogP contribution in [0.5, 0.6) is 0 Å². The van der Waals surface area contributed by atoms with Gasteiger partial charge in [0.2, 0.25) is 5.91 Å². The quantitative estimate of drug-likeness (QED) is 0.345. The Morgan fingerprint density at radius 2 is 2.25 bits per heavy atom. The second kappa shape index (κ2) is 11.8. The number of unbranched alkanes of at least 4 members (excludes halogenated alkanes) is 1. The van der Waals surface area contributed by atoms with Crippen LogP contribution >= 0.6 is 11.6 Å². The van der Waals surface area contributed by atoms with Crippen LogP contribution in [0.2, 0.25) is 5.02 Å². The number of carbonyl (C=O) groups is 2. The number of hydrogen-bond donors (Lipinski definition) is 1. The van der Waals surface area contributed by atoms with Crippen molar-refractivity contribution in [2.24, 2.45) is 0 Å². The van der Waals surface area contributed by atoms with Gasteiger partial charge >= 0.3 is 5.97 Å². The molecule has 1 amide bonds. The van der Waals surface area contributed by atoms with Gasteiger partial charge in [-0.05, 0) is 37.0 Å². The highest BCUT2D eigenvalue weighted by Gasteiger charge is 2.28. The summed E-state index contributed by atoms with van der Waals surface area (Å²) in [5.74, 6) is -0.259. The molecule has 1 aromatic carbocycles. The number of rotatable bonds is 11. The van der Waals surface area contributed by atoms with Crippen LogP contribution in [-0.4, -0.2) is 60.9 Å². The number of carbonyl (C=O) groups excluding carboxylic acids is 2. The smallest absolute Gasteiger partial charge is 0.331 e. The first kappa shape index (κ1) is 22.4. The molecular weight excluding hydrogens is 382 g/mol. The molecule has 0 bridgehead atoms. The summed E-state index contributed by atoms with van der Waals surface area (Å²) in [6.07, 6.45) is 6.38. The predicted molar refractivity (Wildman–Crippen MR) is 107 cm³/mol. The second-order valence-electron chi connectivity index (χ2n) is 6.82. The van der Waals surface area contributed by atoms with Crippen molar-refractivity contribution in [1.82, 2.24) is 4.90 Å². The van der Waals surface area contributed by atoms with E-state index in [1.807, 2.05) is 29.2 Å². The van der Waals surface area contributed by atoms with Gasteiger partial charge in [-0.1, -0.05) is 35.9 Å². The summed E-state index contributed by atoms with van der Waals surface area (Å²) in [6, 6.07) is 7.44. The summed E-state index contributed by atoms with van der Waals surface area (Å²) < 4.78 is 9.72. The lowest BCUT2D eigenvalue weighted by Gasteiger charge is -2.22. The van der Waals surface area contributed by atoms with E-state index in [0.29, 0.717) is 31.0 Å². The van der Waals surface area contributed by atoms with Crippen LogP contribution in [0.15, 0.2) is 36.4 Å². The number of amides is 1. The summed E-state index contributed by atoms with van der Waals surface area (Å²) in [6.45, 7) is 1.05. The molecule has 2 rings (SSSR count). The van der Waals surface area contributed by atoms with Crippen molar-refractivity contribution in [3.05, 3.63) is 47.0 Å². The van der Waals surface area contributed by atoms with Crippen LogP contribution < -0.4 is 0 Å². The van der Waals surface area contributed by atoms with Gasteiger partial charge < -0.3 is 19.5 Å². The Hall–Kier alpha value is -1.89. The summed E-state index contributed by atoms with van der Waals surface area (Å²) in [4.78, 5) is 24.9. The van der Waals surface area contributed by atoms with Crippen molar-refractivity contribution < 1.29 is 24.2 Å². The van der Waals surface area contributed by atoms with Crippen molar-refractivity contribution in [2.75, 3.05) is 26.9 Å². The van der Waals surface area contributed by atoms with Crippen LogP contribution in [0.1, 0.15) is 31.2 Å². The minimum atomic E-state index is -0.622. The number of benzene rings is 1. The molecule has 1 saturated heterocycles. The van der Waals surface area contributed by atoms with Gasteiger partial charge in [0.1, 0.15) is 6.61 Å². The van der Waals surface area contributed by atoms with E-state index in [1.165, 1.54) is 7.11 Å². The molecule has 1 aliphatic rings. The lowest BCUT2D eigenvalue weighted by Crippen LogP contribution is -2.33. The van der Waals surface area contributed by atoms with Gasteiger partial charge in [-0.2, -0.15) is 0 Å². The Labute approximate surface area is 171 Å². The fourth-order valence-electron chi connectivity index (χ4n) is 3.18. The van der Waals surface area contributed by atoms with Crippen molar-refractivity contribution >= 4 is 23.5 Å². The molecule has 0 radical (unpaired) electrons. The van der Waals surface area contributed by atoms with E-state index < -0.39 is 12.1 Å². The van der Waals surface area contributed by atoms with E-state index in [2.05, 4.69) is 4.74 Å². The molecule has 1 aromatic rings. The van der Waals surface area contributed by atoms with E-state index in [9.17, 15) is 14.7 Å². The normalized spacial score (nSPS) is 18.0. The van der Waals surface area contributed by atoms with Crippen LogP contribution in [0.3, 0.4) is 0 Å². The van der Waals surface area contributed by atoms with Crippen molar-refractivity contribution in [2.45, 2.75) is 44.2 Å². The van der Waals surface area contributed by atoms with Gasteiger partial charge in [-0.25, -0.2) is 4.79 Å². The maximum absolute atomic E-state index is 12.1. The molecule has 1 N–H and O–H groups in total. The van der Waals surface area contributed by atoms with Crippen LogP contribution in [0, 0.1) is 0 Å². The molecule has 154 valence electrons. The summed E-state index contributed by atoms with van der Waals surface area (Å²) in [7, 11) is 1.32. The number of aliphatic hydroxyl groups excluding tert-OH is 1. The van der Waals surface area contributed by atoms with E-state index in [4.69, 9.17) is 16.3 Å². The predicted octanol–water partition coefficient (Wildman–Crippen LogP) is 2.76. The third-order valence-electron chi connectivity index (χ3n) is 4.65. The third kappa shape index (κ3) is 7.62. The zero-order valence-corrected chi connectivity index (χ0v) is 16.9. The van der Waals surface area contributed by atoms with Crippen molar-refractivity contribution in [3.63, 3.8) is 0 Å². The Morgan fingerprint density at radius 3 is 3.00 bits per heavy atom. The molecular formula is C21H28ClNO5. The highest BCUT2D eigenvalue weighted by atomic mass is 35.5. The molecule has 0 spiro atoms. The Morgan fingerprint density at radius 1 is 1.43 bits per heavy atom. The highest BCUT2D eigenvalue weighted by Crippen LogP contribution is 2.21. The number of nitrogens with zero attached hydrogens (tertiary/aromatic N) is 1. The molecule has 28 heavy (non-hydrogen) atoms. The SMILES string of the molecule is COC(=O)COCCCCN1C(=O)CCC1/C=C/[C@H](O)Cc1cccc(Cl)c1. The summed E-state index contributed by atoms with van der Waals surface area (Å²) >= 11 is 5.97. The van der Waals surface area contributed by atoms with Crippen molar-refractivity contribution in [3.8, 4) is 0 Å². The highest BCUT2D eigenvalue weighted by molar-refractivity contribution is 6.30. The molecule has 6 nitrogen and oxygen atoms in total. The summed E-state index contributed by atoms with van der Waals surface area (Å²) in [5, 5.41) is 10.9. The van der Waals surface area contributed by atoms with Crippen LogP contribution in [0.25, 0.3) is 0 Å².